The lowest BCUT2D eigenvalue weighted by molar-refractivity contribution is 0.127. The normalized spacial score (nSPS) is 25.7. The lowest BCUT2D eigenvalue weighted by atomic mass is 10.3. The molecule has 0 saturated carbocycles. The zero-order valence-electron chi connectivity index (χ0n) is 8.44. The van der Waals surface area contributed by atoms with Crippen LogP contribution in [0.5, 0.6) is 0 Å². The van der Waals surface area contributed by atoms with Crippen LogP contribution in [0, 0.1) is 0 Å². The van der Waals surface area contributed by atoms with Crippen molar-refractivity contribution >= 4 is 33.4 Å². The molecule has 1 saturated heterocycles. The van der Waals surface area contributed by atoms with E-state index in [-0.39, 0.29) is 0 Å². The highest BCUT2D eigenvalue weighted by Crippen LogP contribution is 2.34. The second-order valence-corrected chi connectivity index (χ2v) is 5.71. The van der Waals surface area contributed by atoms with Gasteiger partial charge in [0.1, 0.15) is 5.03 Å². The minimum atomic E-state index is 0.292. The fourth-order valence-electron chi connectivity index (χ4n) is 1.55. The van der Waals surface area contributed by atoms with Crippen molar-refractivity contribution in [2.45, 2.75) is 29.7 Å². The third-order valence-corrected chi connectivity index (χ3v) is 4.33. The first-order valence-corrected chi connectivity index (χ1v) is 6.53. The van der Waals surface area contributed by atoms with E-state index in [1.54, 1.807) is 18.0 Å². The molecular formula is C10H13BrN2OS. The topological polar surface area (TPSA) is 48.1 Å². The first-order valence-electron chi connectivity index (χ1n) is 4.86. The Labute approximate surface area is 102 Å². The number of ether oxygens (including phenoxy) is 1. The predicted octanol–water partition coefficient (Wildman–Crippen LogP) is 2.70. The van der Waals surface area contributed by atoms with Gasteiger partial charge in [0.25, 0.3) is 0 Å². The minimum Gasteiger partial charge on any atom is -0.397 e. The van der Waals surface area contributed by atoms with Crippen molar-refractivity contribution in [1.29, 1.82) is 0 Å². The molecule has 1 aromatic heterocycles. The lowest BCUT2D eigenvalue weighted by Crippen LogP contribution is -2.13. The number of nitrogen functional groups attached to an aromatic ring is 1. The van der Waals surface area contributed by atoms with E-state index in [0.29, 0.717) is 11.4 Å². The van der Waals surface area contributed by atoms with Gasteiger partial charge in [0.2, 0.25) is 0 Å². The average Bonchev–Trinajstić information content (AvgIpc) is 2.57. The monoisotopic (exact) mass is 288 g/mol. The molecule has 2 heterocycles. The highest BCUT2D eigenvalue weighted by Gasteiger charge is 2.26. The first kappa shape index (κ1) is 11.2. The van der Waals surface area contributed by atoms with Gasteiger partial charge in [-0.05, 0) is 35.3 Å². The molecule has 2 rings (SSSR count). The van der Waals surface area contributed by atoms with Crippen LogP contribution in [-0.4, -0.2) is 22.9 Å². The number of pyridine rings is 1. The highest BCUT2D eigenvalue weighted by molar-refractivity contribution is 9.10. The first-order chi connectivity index (χ1) is 7.16. The van der Waals surface area contributed by atoms with Crippen molar-refractivity contribution < 1.29 is 4.74 Å². The van der Waals surface area contributed by atoms with Crippen LogP contribution < -0.4 is 5.73 Å². The Morgan fingerprint density at radius 2 is 2.47 bits per heavy atom. The molecule has 3 nitrogen and oxygen atoms in total. The van der Waals surface area contributed by atoms with Crippen LogP contribution >= 0.6 is 27.7 Å². The second-order valence-electron chi connectivity index (χ2n) is 3.57. The summed E-state index contributed by atoms with van der Waals surface area (Å²) < 4.78 is 6.42. The second kappa shape index (κ2) is 4.72. The molecular weight excluding hydrogens is 276 g/mol. The number of nitrogens with zero attached hydrogens (tertiary/aromatic N) is 1. The molecule has 1 aromatic rings. The van der Waals surface area contributed by atoms with Crippen LogP contribution in [0.15, 0.2) is 21.8 Å². The zero-order valence-corrected chi connectivity index (χ0v) is 10.8. The van der Waals surface area contributed by atoms with Gasteiger partial charge in [0, 0.05) is 22.5 Å². The standard InChI is InChI=1S/C10H13BrN2OS/c1-6-9(2-3-14-6)15-10-8(12)4-7(11)5-13-10/h4-6,9H,2-3,12H2,1H3. The number of halogens is 1. The predicted molar refractivity (Wildman–Crippen MR) is 66.0 cm³/mol. The summed E-state index contributed by atoms with van der Waals surface area (Å²) in [5.41, 5.74) is 6.62. The van der Waals surface area contributed by atoms with Gasteiger partial charge in [-0.1, -0.05) is 11.8 Å². The summed E-state index contributed by atoms with van der Waals surface area (Å²) in [4.78, 5) is 4.31. The van der Waals surface area contributed by atoms with E-state index in [4.69, 9.17) is 10.5 Å². The number of hydrogen-bond donors (Lipinski definition) is 1. The van der Waals surface area contributed by atoms with E-state index in [1.165, 1.54) is 0 Å². The number of hydrogen-bond acceptors (Lipinski definition) is 4. The summed E-state index contributed by atoms with van der Waals surface area (Å²) >= 11 is 5.06. The quantitative estimate of drug-likeness (QED) is 0.909. The van der Waals surface area contributed by atoms with E-state index in [9.17, 15) is 0 Å². The maximum atomic E-state index is 5.89. The molecule has 0 amide bonds. The van der Waals surface area contributed by atoms with Gasteiger partial charge >= 0.3 is 0 Å². The van der Waals surface area contributed by atoms with Gasteiger partial charge in [-0.15, -0.1) is 0 Å². The van der Waals surface area contributed by atoms with Crippen molar-refractivity contribution in [3.63, 3.8) is 0 Å². The molecule has 2 N–H and O–H groups in total. The summed E-state index contributed by atoms with van der Waals surface area (Å²) in [5.74, 6) is 0. The van der Waals surface area contributed by atoms with Gasteiger partial charge in [0.05, 0.1) is 11.8 Å². The van der Waals surface area contributed by atoms with E-state index in [2.05, 4.69) is 27.8 Å². The molecule has 5 heteroatoms. The fraction of sp³-hybridized carbons (Fsp3) is 0.500. The summed E-state index contributed by atoms with van der Waals surface area (Å²) in [7, 11) is 0. The van der Waals surface area contributed by atoms with Gasteiger partial charge < -0.3 is 10.5 Å². The zero-order chi connectivity index (χ0) is 10.8. The maximum absolute atomic E-state index is 5.89. The largest absolute Gasteiger partial charge is 0.397 e. The third-order valence-electron chi connectivity index (χ3n) is 2.42. The molecule has 1 aliphatic heterocycles. The van der Waals surface area contributed by atoms with Gasteiger partial charge in [0.15, 0.2) is 0 Å². The Morgan fingerprint density at radius 3 is 3.07 bits per heavy atom. The van der Waals surface area contributed by atoms with Crippen LogP contribution in [0.2, 0.25) is 0 Å². The smallest absolute Gasteiger partial charge is 0.119 e. The van der Waals surface area contributed by atoms with E-state index in [1.807, 2.05) is 6.07 Å². The molecule has 2 atom stereocenters. The molecule has 1 fully saturated rings. The average molecular weight is 289 g/mol. The van der Waals surface area contributed by atoms with Crippen molar-refractivity contribution in [1.82, 2.24) is 4.98 Å². The van der Waals surface area contributed by atoms with Crippen LogP contribution in [-0.2, 0) is 4.74 Å². The Balaban J connectivity index is 2.10. The summed E-state index contributed by atoms with van der Waals surface area (Å²) in [6.45, 7) is 2.94. The molecule has 15 heavy (non-hydrogen) atoms. The molecule has 2 unspecified atom stereocenters. The van der Waals surface area contributed by atoms with Gasteiger partial charge in [-0.3, -0.25) is 0 Å². The molecule has 0 radical (unpaired) electrons. The summed E-state index contributed by atoms with van der Waals surface area (Å²) in [5, 5.41) is 1.38. The van der Waals surface area contributed by atoms with Crippen molar-refractivity contribution in [2.24, 2.45) is 0 Å². The fourth-order valence-corrected chi connectivity index (χ4v) is 2.98. The van der Waals surface area contributed by atoms with Crippen molar-refractivity contribution in [2.75, 3.05) is 12.3 Å². The number of anilines is 1. The molecule has 0 aliphatic carbocycles. The number of thioether (sulfide) groups is 1. The highest BCUT2D eigenvalue weighted by atomic mass is 79.9. The Hall–Kier alpha value is -0.260. The molecule has 1 aliphatic rings. The molecule has 82 valence electrons. The number of nitrogens with two attached hydrogens (primary N) is 1. The van der Waals surface area contributed by atoms with E-state index >= 15 is 0 Å². The SMILES string of the molecule is CC1OCCC1Sc1ncc(Br)cc1N. The van der Waals surface area contributed by atoms with Crippen molar-refractivity contribution in [3.8, 4) is 0 Å². The van der Waals surface area contributed by atoms with Gasteiger partial charge in [-0.2, -0.15) is 0 Å². The van der Waals surface area contributed by atoms with E-state index in [0.717, 1.165) is 28.2 Å². The maximum Gasteiger partial charge on any atom is 0.119 e. The molecule has 0 spiro atoms. The minimum absolute atomic E-state index is 0.292. The Kier molecular flexibility index (Phi) is 3.53. The number of aromatic nitrogens is 1. The molecule has 0 aromatic carbocycles. The lowest BCUT2D eigenvalue weighted by Gasteiger charge is -2.13. The summed E-state index contributed by atoms with van der Waals surface area (Å²) in [6.07, 6.45) is 3.14. The van der Waals surface area contributed by atoms with Crippen LogP contribution in [0.1, 0.15) is 13.3 Å². The van der Waals surface area contributed by atoms with E-state index < -0.39 is 0 Å². The number of rotatable bonds is 2. The van der Waals surface area contributed by atoms with Crippen LogP contribution in [0.4, 0.5) is 5.69 Å². The van der Waals surface area contributed by atoms with Crippen LogP contribution in [0.25, 0.3) is 0 Å². The van der Waals surface area contributed by atoms with Gasteiger partial charge in [-0.25, -0.2) is 4.98 Å². The molecule has 0 bridgehead atoms. The Morgan fingerprint density at radius 1 is 1.67 bits per heavy atom. The van der Waals surface area contributed by atoms with Crippen molar-refractivity contribution in [3.05, 3.63) is 16.7 Å². The van der Waals surface area contributed by atoms with Crippen LogP contribution in [0.3, 0.4) is 0 Å². The third kappa shape index (κ3) is 2.65. The Bertz CT molecular complexity index is 361. The summed E-state index contributed by atoms with van der Waals surface area (Å²) in [6, 6.07) is 1.88.